The number of carbonyl (C=O) groups is 2. The van der Waals surface area contributed by atoms with Crippen LogP contribution in [0, 0.1) is 10.8 Å². The smallest absolute Gasteiger partial charge is 0.353 e. The van der Waals surface area contributed by atoms with E-state index in [1.54, 1.807) is 18.2 Å². The van der Waals surface area contributed by atoms with Gasteiger partial charge >= 0.3 is 5.97 Å². The maximum Gasteiger partial charge on any atom is 0.373 e. The lowest BCUT2D eigenvalue weighted by Gasteiger charge is -2.35. The molecule has 0 fully saturated rings. The molecule has 1 aromatic rings. The standard InChI is InChI=1S/C21H25ClO5/c1-19(2,3)14-11-16(20(4,5)6)17(23)21(25,12-14)27-26-18(24)13-8-7-9-15(22)10-13/h7-12,25H,1-6H3. The highest BCUT2D eigenvalue weighted by Crippen LogP contribution is 2.40. The zero-order valence-corrected chi connectivity index (χ0v) is 17.2. The van der Waals surface area contributed by atoms with Crippen LogP contribution in [-0.4, -0.2) is 22.6 Å². The molecule has 1 aromatic carbocycles. The molecule has 27 heavy (non-hydrogen) atoms. The van der Waals surface area contributed by atoms with Gasteiger partial charge in [-0.25, -0.2) is 4.79 Å². The van der Waals surface area contributed by atoms with Crippen molar-refractivity contribution in [3.8, 4) is 0 Å². The van der Waals surface area contributed by atoms with Crippen LogP contribution < -0.4 is 0 Å². The van der Waals surface area contributed by atoms with Crippen LogP contribution >= 0.6 is 11.6 Å². The van der Waals surface area contributed by atoms with Crippen molar-refractivity contribution in [3.05, 3.63) is 58.1 Å². The first-order valence-electron chi connectivity index (χ1n) is 8.62. The van der Waals surface area contributed by atoms with Crippen molar-refractivity contribution in [2.45, 2.75) is 47.3 Å². The van der Waals surface area contributed by atoms with Gasteiger partial charge in [-0.1, -0.05) is 65.3 Å². The quantitative estimate of drug-likeness (QED) is 0.460. The van der Waals surface area contributed by atoms with Crippen molar-refractivity contribution in [2.75, 3.05) is 0 Å². The van der Waals surface area contributed by atoms with Gasteiger partial charge in [0.2, 0.25) is 5.78 Å². The number of benzene rings is 1. The van der Waals surface area contributed by atoms with E-state index in [4.69, 9.17) is 21.4 Å². The first-order chi connectivity index (χ1) is 12.2. The van der Waals surface area contributed by atoms with E-state index in [1.807, 2.05) is 41.5 Å². The van der Waals surface area contributed by atoms with Gasteiger partial charge in [0.05, 0.1) is 5.56 Å². The van der Waals surface area contributed by atoms with Crippen LogP contribution in [0.2, 0.25) is 5.02 Å². The fourth-order valence-corrected chi connectivity index (χ4v) is 2.74. The third kappa shape index (κ3) is 4.86. The second kappa shape index (κ2) is 7.23. The normalized spacial score (nSPS) is 20.8. The molecule has 5 nitrogen and oxygen atoms in total. The number of halogens is 1. The lowest BCUT2D eigenvalue weighted by atomic mass is 9.73. The molecule has 0 aliphatic heterocycles. The number of ketones is 1. The molecule has 0 saturated heterocycles. The number of Topliss-reactive ketones (excluding diaryl/α,β-unsaturated/α-hetero) is 1. The summed E-state index contributed by atoms with van der Waals surface area (Å²) in [4.78, 5) is 34.8. The van der Waals surface area contributed by atoms with Crippen LogP contribution in [0.4, 0.5) is 0 Å². The van der Waals surface area contributed by atoms with Crippen molar-refractivity contribution >= 4 is 23.4 Å². The topological polar surface area (TPSA) is 72.8 Å². The maximum atomic E-state index is 12.9. The molecule has 0 amide bonds. The van der Waals surface area contributed by atoms with E-state index in [0.29, 0.717) is 16.2 Å². The Hall–Kier alpha value is -1.95. The molecule has 146 valence electrons. The molecule has 0 spiro atoms. The highest BCUT2D eigenvalue weighted by molar-refractivity contribution is 6.30. The van der Waals surface area contributed by atoms with Gasteiger partial charge < -0.3 is 5.11 Å². The number of aliphatic hydroxyl groups is 1. The van der Waals surface area contributed by atoms with Crippen LogP contribution in [0.1, 0.15) is 51.9 Å². The molecule has 1 unspecified atom stereocenters. The Kier molecular flexibility index (Phi) is 5.71. The van der Waals surface area contributed by atoms with Gasteiger partial charge in [0.25, 0.3) is 5.79 Å². The number of hydrogen-bond donors (Lipinski definition) is 1. The average Bonchev–Trinajstić information content (AvgIpc) is 2.53. The van der Waals surface area contributed by atoms with Crippen molar-refractivity contribution in [1.82, 2.24) is 0 Å². The molecular weight excluding hydrogens is 368 g/mol. The molecule has 0 bridgehead atoms. The van der Waals surface area contributed by atoms with E-state index in [1.165, 1.54) is 18.2 Å². The molecule has 0 aromatic heterocycles. The van der Waals surface area contributed by atoms with E-state index < -0.39 is 23.0 Å². The van der Waals surface area contributed by atoms with Crippen molar-refractivity contribution in [2.24, 2.45) is 10.8 Å². The molecule has 0 saturated carbocycles. The van der Waals surface area contributed by atoms with E-state index in [-0.39, 0.29) is 11.0 Å². The molecule has 0 radical (unpaired) electrons. The summed E-state index contributed by atoms with van der Waals surface area (Å²) in [6, 6.07) is 6.08. The first kappa shape index (κ1) is 21.4. The summed E-state index contributed by atoms with van der Waals surface area (Å²) >= 11 is 5.86. The summed E-state index contributed by atoms with van der Waals surface area (Å²) in [6.07, 6.45) is 3.05. The van der Waals surface area contributed by atoms with E-state index in [9.17, 15) is 14.7 Å². The Morgan fingerprint density at radius 1 is 1.11 bits per heavy atom. The van der Waals surface area contributed by atoms with Crippen molar-refractivity contribution < 1.29 is 24.5 Å². The number of hydrogen-bond acceptors (Lipinski definition) is 5. The second-order valence-corrected chi connectivity index (χ2v) is 9.08. The van der Waals surface area contributed by atoms with Crippen LogP contribution in [0.15, 0.2) is 47.6 Å². The lowest BCUT2D eigenvalue weighted by Crippen LogP contribution is -2.46. The third-order valence-corrected chi connectivity index (χ3v) is 4.43. The Bertz CT molecular complexity index is 824. The van der Waals surface area contributed by atoms with E-state index in [2.05, 4.69) is 0 Å². The summed E-state index contributed by atoms with van der Waals surface area (Å²) < 4.78 is 0. The van der Waals surface area contributed by atoms with Gasteiger partial charge in [-0.05, 0) is 40.7 Å². The number of carbonyl (C=O) groups excluding carboxylic acids is 2. The molecule has 2 rings (SSSR count). The Morgan fingerprint density at radius 3 is 2.26 bits per heavy atom. The summed E-state index contributed by atoms with van der Waals surface area (Å²) in [5.74, 6) is -3.92. The highest BCUT2D eigenvalue weighted by Gasteiger charge is 2.46. The van der Waals surface area contributed by atoms with Crippen LogP contribution in [0.5, 0.6) is 0 Å². The Labute approximate surface area is 164 Å². The summed E-state index contributed by atoms with van der Waals surface area (Å²) in [5, 5.41) is 11.2. The minimum atomic E-state index is -2.39. The third-order valence-electron chi connectivity index (χ3n) is 4.20. The molecule has 0 heterocycles. The molecule has 6 heteroatoms. The SMILES string of the molecule is CC(C)(C)C1=CC(O)(OOC(=O)c2cccc(Cl)c2)C(=O)C(C(C)(C)C)=C1. The van der Waals surface area contributed by atoms with Crippen molar-refractivity contribution in [1.29, 1.82) is 0 Å². The summed E-state index contributed by atoms with van der Waals surface area (Å²) in [7, 11) is 0. The maximum absolute atomic E-state index is 12.9. The summed E-state index contributed by atoms with van der Waals surface area (Å²) in [5.41, 5.74) is 0.340. The van der Waals surface area contributed by atoms with Gasteiger partial charge in [0.1, 0.15) is 0 Å². The molecule has 1 atom stereocenters. The van der Waals surface area contributed by atoms with Crippen LogP contribution in [0.25, 0.3) is 0 Å². The van der Waals surface area contributed by atoms with E-state index in [0.717, 1.165) is 0 Å². The van der Waals surface area contributed by atoms with Crippen LogP contribution in [-0.2, 0) is 14.6 Å². The van der Waals surface area contributed by atoms with E-state index >= 15 is 0 Å². The van der Waals surface area contributed by atoms with Crippen molar-refractivity contribution in [3.63, 3.8) is 0 Å². The fourth-order valence-electron chi connectivity index (χ4n) is 2.55. The first-order valence-corrected chi connectivity index (χ1v) is 9.00. The van der Waals surface area contributed by atoms with Gasteiger partial charge in [-0.3, -0.25) is 9.68 Å². The van der Waals surface area contributed by atoms with Gasteiger partial charge in [0.15, 0.2) is 0 Å². The monoisotopic (exact) mass is 392 g/mol. The van der Waals surface area contributed by atoms with Crippen LogP contribution in [0.3, 0.4) is 0 Å². The second-order valence-electron chi connectivity index (χ2n) is 8.65. The Balaban J connectivity index is 2.33. The summed E-state index contributed by atoms with van der Waals surface area (Å²) in [6.45, 7) is 11.4. The highest BCUT2D eigenvalue weighted by atomic mass is 35.5. The Morgan fingerprint density at radius 2 is 1.74 bits per heavy atom. The van der Waals surface area contributed by atoms with Gasteiger partial charge in [-0.2, -0.15) is 0 Å². The predicted octanol–water partition coefficient (Wildman–Crippen LogP) is 4.64. The molecule has 1 aliphatic carbocycles. The zero-order valence-electron chi connectivity index (χ0n) is 16.4. The molecular formula is C21H25ClO5. The van der Waals surface area contributed by atoms with Gasteiger partial charge in [-0.15, -0.1) is 4.89 Å². The average molecular weight is 393 g/mol. The largest absolute Gasteiger partial charge is 0.373 e. The molecule has 1 N–H and O–H groups in total. The zero-order chi connectivity index (χ0) is 20.6. The predicted molar refractivity (Wildman–Crippen MR) is 103 cm³/mol. The minimum Gasteiger partial charge on any atom is -0.353 e. The molecule has 1 aliphatic rings. The van der Waals surface area contributed by atoms with Gasteiger partial charge in [0, 0.05) is 10.6 Å². The lowest BCUT2D eigenvalue weighted by molar-refractivity contribution is -0.348. The number of allylic oxidation sites excluding steroid dienone is 2. The minimum absolute atomic E-state index is 0.140. The number of rotatable bonds is 3. The fraction of sp³-hybridized carbons (Fsp3) is 0.429.